The molecule has 3 aliphatic heterocycles. The molecule has 2 saturated heterocycles. The molecule has 0 aliphatic carbocycles. The molecule has 33 heavy (non-hydrogen) atoms. The molecule has 11 heteroatoms. The Morgan fingerprint density at radius 3 is 2.55 bits per heavy atom. The van der Waals surface area contributed by atoms with E-state index in [1.165, 1.54) is 29.9 Å². The van der Waals surface area contributed by atoms with Gasteiger partial charge in [-0.3, -0.25) is 0 Å². The second-order valence-electron chi connectivity index (χ2n) is 8.18. The molecular formula is C22H27BN2O7S. The summed E-state index contributed by atoms with van der Waals surface area (Å²) < 4.78 is 41.2. The number of nitrogens with zero attached hydrogens (tertiary/aromatic N) is 1. The van der Waals surface area contributed by atoms with Crippen molar-refractivity contribution in [3.8, 4) is 0 Å². The smallest absolute Gasteiger partial charge is 0.448 e. The first-order valence-electron chi connectivity index (χ1n) is 10.9. The number of anilines is 1. The predicted molar refractivity (Wildman–Crippen MR) is 122 cm³/mol. The zero-order valence-corrected chi connectivity index (χ0v) is 19.1. The molecule has 0 aromatic heterocycles. The summed E-state index contributed by atoms with van der Waals surface area (Å²) >= 11 is 0. The quantitative estimate of drug-likeness (QED) is 0.489. The van der Waals surface area contributed by atoms with Crippen LogP contribution in [0.3, 0.4) is 0 Å². The van der Waals surface area contributed by atoms with Gasteiger partial charge in [0, 0.05) is 18.9 Å². The minimum atomic E-state index is -3.71. The van der Waals surface area contributed by atoms with Crippen LogP contribution in [-0.4, -0.2) is 57.9 Å². The SMILES string of the molecule is C1CCOC1.Nc1ccc(S(=O)(=O)Cc2ccc3c(c2)B(O)OC3)c(CN2CCOC2=O)c1. The van der Waals surface area contributed by atoms with Crippen LogP contribution in [0.15, 0.2) is 41.3 Å². The zero-order valence-electron chi connectivity index (χ0n) is 18.2. The number of amides is 1. The van der Waals surface area contributed by atoms with Crippen LogP contribution in [0.1, 0.15) is 29.5 Å². The topological polar surface area (TPSA) is 128 Å². The third-order valence-corrected chi connectivity index (χ3v) is 7.46. The van der Waals surface area contributed by atoms with Gasteiger partial charge in [-0.25, -0.2) is 13.2 Å². The summed E-state index contributed by atoms with van der Waals surface area (Å²) in [4.78, 5) is 13.3. The van der Waals surface area contributed by atoms with E-state index in [0.717, 1.165) is 18.8 Å². The number of nitrogen functional groups attached to an aromatic ring is 1. The van der Waals surface area contributed by atoms with Crippen molar-refractivity contribution in [1.82, 2.24) is 4.90 Å². The van der Waals surface area contributed by atoms with Crippen molar-refractivity contribution in [3.63, 3.8) is 0 Å². The number of cyclic esters (lactones) is 1. The number of ether oxygens (including phenoxy) is 2. The van der Waals surface area contributed by atoms with Gasteiger partial charge in [-0.1, -0.05) is 18.2 Å². The Morgan fingerprint density at radius 1 is 1.09 bits per heavy atom. The van der Waals surface area contributed by atoms with E-state index in [2.05, 4.69) is 0 Å². The Bertz CT molecular complexity index is 1110. The first-order chi connectivity index (χ1) is 15.8. The number of benzene rings is 2. The van der Waals surface area contributed by atoms with Crippen molar-refractivity contribution in [2.75, 3.05) is 32.1 Å². The third kappa shape index (κ3) is 5.67. The zero-order chi connectivity index (χ0) is 23.4. The van der Waals surface area contributed by atoms with E-state index < -0.39 is 23.0 Å². The van der Waals surface area contributed by atoms with Gasteiger partial charge in [-0.05, 0) is 53.2 Å². The third-order valence-electron chi connectivity index (χ3n) is 5.68. The lowest BCUT2D eigenvalue weighted by molar-refractivity contribution is 0.157. The molecule has 3 heterocycles. The fourth-order valence-electron chi connectivity index (χ4n) is 3.96. The molecule has 0 saturated carbocycles. The van der Waals surface area contributed by atoms with Crippen LogP contribution in [0.5, 0.6) is 0 Å². The molecule has 3 aliphatic rings. The molecule has 9 nitrogen and oxygen atoms in total. The Morgan fingerprint density at radius 2 is 1.88 bits per heavy atom. The van der Waals surface area contributed by atoms with Crippen LogP contribution in [0, 0.1) is 0 Å². The van der Waals surface area contributed by atoms with Crippen molar-refractivity contribution in [3.05, 3.63) is 53.1 Å². The molecule has 2 aromatic carbocycles. The summed E-state index contributed by atoms with van der Waals surface area (Å²) in [6.07, 6.45) is 2.08. The van der Waals surface area contributed by atoms with Crippen LogP contribution in [0.25, 0.3) is 0 Å². The van der Waals surface area contributed by atoms with Gasteiger partial charge in [0.05, 0.1) is 30.3 Å². The highest BCUT2D eigenvalue weighted by molar-refractivity contribution is 7.90. The summed E-state index contributed by atoms with van der Waals surface area (Å²) in [7, 11) is -4.75. The first kappa shape index (κ1) is 23.6. The average Bonchev–Trinajstić information content (AvgIpc) is 3.54. The molecule has 2 aromatic rings. The molecule has 5 rings (SSSR count). The Kier molecular flexibility index (Phi) is 7.23. The fourth-order valence-corrected chi connectivity index (χ4v) is 5.53. The van der Waals surface area contributed by atoms with Gasteiger partial charge in [0.2, 0.25) is 0 Å². The van der Waals surface area contributed by atoms with Crippen LogP contribution in [0.2, 0.25) is 0 Å². The molecule has 0 spiro atoms. The standard InChI is InChI=1S/C18H19BN2O6S.C4H8O/c20-15-3-4-17(14(8-15)9-21-5-6-26-18(21)22)28(24,25)11-12-1-2-13-10-27-19(23)16(13)7-12;1-2-4-5-3-1/h1-4,7-8,23H,5-6,9-11,20H2;1-4H2. The first-order valence-corrected chi connectivity index (χ1v) is 12.5. The molecular weight excluding hydrogens is 447 g/mol. The molecule has 2 fully saturated rings. The molecule has 3 N–H and O–H groups in total. The normalized spacial score (nSPS) is 17.5. The van der Waals surface area contributed by atoms with E-state index in [1.807, 2.05) is 0 Å². The van der Waals surface area contributed by atoms with Crippen molar-refractivity contribution in [2.24, 2.45) is 0 Å². The molecule has 1 amide bonds. The highest BCUT2D eigenvalue weighted by Crippen LogP contribution is 2.25. The number of rotatable bonds is 5. The van der Waals surface area contributed by atoms with Crippen LogP contribution < -0.4 is 11.2 Å². The number of carbonyl (C=O) groups excluding carboxylic acids is 1. The monoisotopic (exact) mass is 474 g/mol. The summed E-state index contributed by atoms with van der Waals surface area (Å²) in [6.45, 7) is 3.09. The summed E-state index contributed by atoms with van der Waals surface area (Å²) in [5.74, 6) is -0.242. The van der Waals surface area contributed by atoms with Gasteiger partial charge >= 0.3 is 13.2 Å². The number of hydrogen-bond acceptors (Lipinski definition) is 8. The van der Waals surface area contributed by atoms with Gasteiger partial charge in [0.15, 0.2) is 9.84 Å². The second kappa shape index (κ2) is 10.1. The van der Waals surface area contributed by atoms with E-state index in [1.54, 1.807) is 24.3 Å². The van der Waals surface area contributed by atoms with E-state index in [9.17, 15) is 18.2 Å². The van der Waals surface area contributed by atoms with Gasteiger partial charge in [0.1, 0.15) is 6.61 Å². The van der Waals surface area contributed by atoms with Crippen molar-refractivity contribution >= 4 is 34.2 Å². The summed E-state index contributed by atoms with van der Waals surface area (Å²) in [5.41, 5.74) is 8.68. The maximum atomic E-state index is 13.1. The van der Waals surface area contributed by atoms with E-state index in [4.69, 9.17) is 19.9 Å². The number of carbonyl (C=O) groups is 1. The maximum Gasteiger partial charge on any atom is 0.491 e. The lowest BCUT2D eigenvalue weighted by atomic mass is 9.79. The van der Waals surface area contributed by atoms with E-state index in [0.29, 0.717) is 35.4 Å². The molecule has 0 radical (unpaired) electrons. The van der Waals surface area contributed by atoms with Crippen molar-refractivity contribution in [2.45, 2.75) is 36.6 Å². The Hall–Kier alpha value is -2.60. The Balaban J connectivity index is 0.000000459. The van der Waals surface area contributed by atoms with Gasteiger partial charge < -0.3 is 29.8 Å². The summed E-state index contributed by atoms with van der Waals surface area (Å²) in [5, 5.41) is 9.85. The lowest BCUT2D eigenvalue weighted by Crippen LogP contribution is -2.28. The van der Waals surface area contributed by atoms with Gasteiger partial charge in [0.25, 0.3) is 0 Å². The molecule has 176 valence electrons. The van der Waals surface area contributed by atoms with Gasteiger partial charge in [-0.2, -0.15) is 0 Å². The highest BCUT2D eigenvalue weighted by Gasteiger charge is 2.29. The van der Waals surface area contributed by atoms with Crippen LogP contribution >= 0.6 is 0 Å². The van der Waals surface area contributed by atoms with Crippen molar-refractivity contribution < 1.29 is 32.4 Å². The second-order valence-corrected chi connectivity index (χ2v) is 10.1. The van der Waals surface area contributed by atoms with E-state index in [-0.39, 0.29) is 23.8 Å². The number of hydrogen-bond donors (Lipinski definition) is 2. The Labute approximate surface area is 193 Å². The van der Waals surface area contributed by atoms with Crippen molar-refractivity contribution in [1.29, 1.82) is 0 Å². The van der Waals surface area contributed by atoms with Crippen LogP contribution in [-0.2, 0) is 42.9 Å². The summed E-state index contributed by atoms with van der Waals surface area (Å²) in [6, 6.07) is 9.69. The molecule has 0 unspecified atom stereocenters. The number of nitrogens with two attached hydrogens (primary N) is 1. The molecule has 0 bridgehead atoms. The van der Waals surface area contributed by atoms with E-state index >= 15 is 0 Å². The fraction of sp³-hybridized carbons (Fsp3) is 0.409. The minimum absolute atomic E-state index is 0.106. The minimum Gasteiger partial charge on any atom is -0.448 e. The predicted octanol–water partition coefficient (Wildman–Crippen LogP) is 1.21. The highest BCUT2D eigenvalue weighted by atomic mass is 32.2. The number of fused-ring (bicyclic) bond motifs is 1. The number of sulfone groups is 1. The lowest BCUT2D eigenvalue weighted by Gasteiger charge is -2.17. The largest absolute Gasteiger partial charge is 0.491 e. The van der Waals surface area contributed by atoms with Crippen LogP contribution in [0.4, 0.5) is 10.5 Å². The maximum absolute atomic E-state index is 13.1. The van der Waals surface area contributed by atoms with Gasteiger partial charge in [-0.15, -0.1) is 0 Å². The molecule has 0 atom stereocenters. The average molecular weight is 474 g/mol.